The maximum Gasteiger partial charge on any atom is 0.254 e. The summed E-state index contributed by atoms with van der Waals surface area (Å²) in [6.07, 6.45) is 1.92. The van der Waals surface area contributed by atoms with Crippen LogP contribution < -0.4 is 15.6 Å². The zero-order chi connectivity index (χ0) is 18.8. The molecule has 2 saturated heterocycles. The highest BCUT2D eigenvalue weighted by Gasteiger charge is 2.32. The third-order valence-corrected chi connectivity index (χ3v) is 5.86. The summed E-state index contributed by atoms with van der Waals surface area (Å²) in [6, 6.07) is 13.6. The van der Waals surface area contributed by atoms with Gasteiger partial charge in [0, 0.05) is 36.1 Å². The standard InChI is InChI=1S/C21H24ClN3O2/c1-27-20-11-14(8-9-16(20)15-12-23-24-13-15)21(26)25-10-4-7-19(25)17-5-2-3-6-18(17)22/h2-3,5-6,8-9,11,15,19,23-24H,4,7,10,12-13H2,1H3. The molecule has 1 unspecified atom stereocenters. The molecule has 0 aromatic heterocycles. The fourth-order valence-electron chi connectivity index (χ4n) is 4.11. The van der Waals surface area contributed by atoms with E-state index in [1.54, 1.807) is 7.11 Å². The summed E-state index contributed by atoms with van der Waals surface area (Å²) in [6.45, 7) is 2.45. The summed E-state index contributed by atoms with van der Waals surface area (Å²) in [5.74, 6) is 1.14. The number of nitrogens with one attached hydrogen (secondary N) is 2. The van der Waals surface area contributed by atoms with Gasteiger partial charge >= 0.3 is 0 Å². The van der Waals surface area contributed by atoms with Crippen LogP contribution in [0.15, 0.2) is 42.5 Å². The number of benzene rings is 2. The Morgan fingerprint density at radius 2 is 1.93 bits per heavy atom. The average Bonchev–Trinajstić information content (AvgIpc) is 3.39. The van der Waals surface area contributed by atoms with Gasteiger partial charge in [-0.2, -0.15) is 0 Å². The summed E-state index contributed by atoms with van der Waals surface area (Å²) in [7, 11) is 1.66. The molecule has 4 rings (SSSR count). The number of nitrogens with zero attached hydrogens (tertiary/aromatic N) is 1. The highest BCUT2D eigenvalue weighted by molar-refractivity contribution is 6.31. The Kier molecular flexibility index (Phi) is 5.34. The molecule has 2 aliphatic heterocycles. The van der Waals surface area contributed by atoms with Crippen molar-refractivity contribution in [3.8, 4) is 5.75 Å². The number of hydrogen-bond acceptors (Lipinski definition) is 4. The predicted octanol–water partition coefficient (Wildman–Crippen LogP) is 3.52. The van der Waals surface area contributed by atoms with Crippen LogP contribution in [0.4, 0.5) is 0 Å². The quantitative estimate of drug-likeness (QED) is 0.845. The molecule has 0 saturated carbocycles. The molecular weight excluding hydrogens is 362 g/mol. The van der Waals surface area contributed by atoms with Gasteiger partial charge in [-0.25, -0.2) is 0 Å². The lowest BCUT2D eigenvalue weighted by atomic mass is 9.97. The van der Waals surface area contributed by atoms with E-state index < -0.39 is 0 Å². The van der Waals surface area contributed by atoms with Crippen LogP contribution in [-0.4, -0.2) is 37.6 Å². The molecule has 2 N–H and O–H groups in total. The minimum absolute atomic E-state index is 0.0279. The highest BCUT2D eigenvalue weighted by atomic mass is 35.5. The van der Waals surface area contributed by atoms with E-state index in [0.29, 0.717) is 11.5 Å². The normalized spacial score (nSPS) is 20.2. The van der Waals surface area contributed by atoms with Gasteiger partial charge in [0.25, 0.3) is 5.91 Å². The minimum atomic E-state index is 0.0279. The lowest BCUT2D eigenvalue weighted by Gasteiger charge is -2.26. The van der Waals surface area contributed by atoms with Crippen molar-refractivity contribution in [3.63, 3.8) is 0 Å². The number of amides is 1. The van der Waals surface area contributed by atoms with E-state index in [1.165, 1.54) is 0 Å². The van der Waals surface area contributed by atoms with Crippen LogP contribution in [0.2, 0.25) is 5.02 Å². The lowest BCUT2D eigenvalue weighted by molar-refractivity contribution is 0.0735. The average molecular weight is 386 g/mol. The van der Waals surface area contributed by atoms with E-state index in [0.717, 1.165) is 54.4 Å². The number of hydrazine groups is 1. The van der Waals surface area contributed by atoms with Crippen LogP contribution >= 0.6 is 11.6 Å². The molecule has 1 atom stereocenters. The molecule has 0 radical (unpaired) electrons. The SMILES string of the molecule is COc1cc(C(=O)N2CCCC2c2ccccc2Cl)ccc1C1CNNC1. The molecule has 0 spiro atoms. The van der Waals surface area contributed by atoms with Gasteiger partial charge in [-0.1, -0.05) is 35.9 Å². The Hall–Kier alpha value is -2.08. The number of carbonyl (C=O) groups excluding carboxylic acids is 1. The molecule has 2 aliphatic rings. The van der Waals surface area contributed by atoms with Crippen LogP contribution in [0.1, 0.15) is 46.3 Å². The van der Waals surface area contributed by atoms with Gasteiger partial charge in [0.15, 0.2) is 0 Å². The van der Waals surface area contributed by atoms with Gasteiger partial charge in [-0.3, -0.25) is 15.6 Å². The van der Waals surface area contributed by atoms with E-state index in [4.69, 9.17) is 16.3 Å². The van der Waals surface area contributed by atoms with Crippen molar-refractivity contribution in [2.45, 2.75) is 24.8 Å². The number of ether oxygens (including phenoxy) is 1. The topological polar surface area (TPSA) is 53.6 Å². The number of hydrogen-bond donors (Lipinski definition) is 2. The van der Waals surface area contributed by atoms with Crippen molar-refractivity contribution in [1.29, 1.82) is 0 Å². The third-order valence-electron chi connectivity index (χ3n) is 5.52. The van der Waals surface area contributed by atoms with Gasteiger partial charge in [-0.15, -0.1) is 0 Å². The first-order valence-corrected chi connectivity index (χ1v) is 9.76. The second-order valence-corrected chi connectivity index (χ2v) is 7.50. The minimum Gasteiger partial charge on any atom is -0.496 e. The fraction of sp³-hybridized carbons (Fsp3) is 0.381. The van der Waals surface area contributed by atoms with E-state index >= 15 is 0 Å². The van der Waals surface area contributed by atoms with E-state index in [1.807, 2.05) is 47.4 Å². The molecule has 2 fully saturated rings. The van der Waals surface area contributed by atoms with E-state index in [-0.39, 0.29) is 11.9 Å². The molecule has 27 heavy (non-hydrogen) atoms. The molecular formula is C21H24ClN3O2. The highest BCUT2D eigenvalue weighted by Crippen LogP contribution is 2.37. The summed E-state index contributed by atoms with van der Waals surface area (Å²) in [5.41, 5.74) is 9.09. The van der Waals surface area contributed by atoms with Crippen LogP contribution in [-0.2, 0) is 0 Å². The first kappa shape index (κ1) is 18.3. The summed E-state index contributed by atoms with van der Waals surface area (Å²) in [5, 5.41) is 0.719. The first-order chi connectivity index (χ1) is 13.2. The second kappa shape index (κ2) is 7.89. The number of carbonyl (C=O) groups is 1. The molecule has 5 nitrogen and oxygen atoms in total. The molecule has 142 valence electrons. The van der Waals surface area contributed by atoms with Crippen LogP contribution in [0, 0.1) is 0 Å². The predicted molar refractivity (Wildman–Crippen MR) is 106 cm³/mol. The van der Waals surface area contributed by atoms with Crippen molar-refractivity contribution in [2.75, 3.05) is 26.7 Å². The van der Waals surface area contributed by atoms with Crippen LogP contribution in [0.3, 0.4) is 0 Å². The largest absolute Gasteiger partial charge is 0.496 e. The van der Waals surface area contributed by atoms with Crippen molar-refractivity contribution in [1.82, 2.24) is 15.8 Å². The van der Waals surface area contributed by atoms with Crippen molar-refractivity contribution < 1.29 is 9.53 Å². The summed E-state index contributed by atoms with van der Waals surface area (Å²) >= 11 is 6.39. The van der Waals surface area contributed by atoms with Crippen LogP contribution in [0.5, 0.6) is 5.75 Å². The number of rotatable bonds is 4. The molecule has 0 aliphatic carbocycles. The van der Waals surface area contributed by atoms with E-state index in [9.17, 15) is 4.79 Å². The fourth-order valence-corrected chi connectivity index (χ4v) is 4.37. The van der Waals surface area contributed by atoms with Gasteiger partial charge < -0.3 is 9.64 Å². The Labute approximate surface area is 164 Å². The maximum absolute atomic E-state index is 13.2. The Morgan fingerprint density at radius 3 is 2.67 bits per heavy atom. The van der Waals surface area contributed by atoms with Crippen molar-refractivity contribution in [2.24, 2.45) is 0 Å². The van der Waals surface area contributed by atoms with Crippen LogP contribution in [0.25, 0.3) is 0 Å². The summed E-state index contributed by atoms with van der Waals surface area (Å²) in [4.78, 5) is 15.2. The molecule has 1 amide bonds. The van der Waals surface area contributed by atoms with E-state index in [2.05, 4.69) is 10.9 Å². The number of methoxy groups -OCH3 is 1. The summed E-state index contributed by atoms with van der Waals surface area (Å²) < 4.78 is 5.59. The smallest absolute Gasteiger partial charge is 0.254 e. The van der Waals surface area contributed by atoms with Crippen molar-refractivity contribution in [3.05, 3.63) is 64.2 Å². The lowest BCUT2D eigenvalue weighted by Crippen LogP contribution is -2.30. The van der Waals surface area contributed by atoms with Gasteiger partial charge in [0.2, 0.25) is 0 Å². The third kappa shape index (κ3) is 3.55. The number of halogens is 1. The van der Waals surface area contributed by atoms with Gasteiger partial charge in [-0.05, 0) is 42.2 Å². The Bertz CT molecular complexity index is 836. The number of likely N-dealkylation sites (tertiary alicyclic amines) is 1. The molecule has 2 aromatic carbocycles. The molecule has 2 heterocycles. The first-order valence-electron chi connectivity index (χ1n) is 9.38. The maximum atomic E-state index is 13.2. The Balaban J connectivity index is 1.61. The van der Waals surface area contributed by atoms with Gasteiger partial charge in [0.05, 0.1) is 13.2 Å². The second-order valence-electron chi connectivity index (χ2n) is 7.09. The molecule has 0 bridgehead atoms. The zero-order valence-electron chi connectivity index (χ0n) is 15.4. The van der Waals surface area contributed by atoms with Crippen molar-refractivity contribution >= 4 is 17.5 Å². The molecule has 6 heteroatoms. The molecule has 2 aromatic rings. The Morgan fingerprint density at radius 1 is 1.15 bits per heavy atom. The van der Waals surface area contributed by atoms with Gasteiger partial charge in [0.1, 0.15) is 5.75 Å². The zero-order valence-corrected chi connectivity index (χ0v) is 16.1. The monoisotopic (exact) mass is 385 g/mol.